The van der Waals surface area contributed by atoms with E-state index in [0.717, 1.165) is 86.0 Å². The molecule has 0 aliphatic heterocycles. The van der Waals surface area contributed by atoms with Crippen LogP contribution in [-0.4, -0.2) is 90.8 Å². The van der Waals surface area contributed by atoms with E-state index in [-0.39, 0.29) is 37.8 Å². The largest absolute Gasteiger partial charge is 0.476 e. The van der Waals surface area contributed by atoms with E-state index in [4.69, 9.17) is 84.8 Å². The van der Waals surface area contributed by atoms with Crippen molar-refractivity contribution in [3.63, 3.8) is 0 Å². The maximum atomic E-state index is 13.4. The van der Waals surface area contributed by atoms with Gasteiger partial charge >= 0.3 is 24.5 Å². The van der Waals surface area contributed by atoms with Gasteiger partial charge in [-0.2, -0.15) is 39.5 Å². The van der Waals surface area contributed by atoms with Gasteiger partial charge in [0, 0.05) is 49.9 Å². The number of pyridine rings is 3. The lowest BCUT2D eigenvalue weighted by Crippen LogP contribution is -2.35. The Bertz CT molecular complexity index is 4780. The zero-order valence-corrected chi connectivity index (χ0v) is 57.4. The number of nitrogens with one attached hydrogen (secondary N) is 3. The minimum absolute atomic E-state index is 0.000970. The first-order chi connectivity index (χ1) is 46.7. The number of carboxylic acids is 1. The zero-order valence-electron chi connectivity index (χ0n) is 50.4. The molecule has 39 heteroatoms. The molecule has 3 heterocycles. The maximum Gasteiger partial charge on any atom is 0.417 e. The molecule has 0 saturated heterocycles. The van der Waals surface area contributed by atoms with Crippen LogP contribution >= 0.6 is 69.6 Å². The van der Waals surface area contributed by atoms with Crippen LogP contribution in [0.1, 0.15) is 48.2 Å². The van der Waals surface area contributed by atoms with Gasteiger partial charge < -0.3 is 30.9 Å². The first-order valence-electron chi connectivity index (χ1n) is 27.1. The molecule has 0 saturated carbocycles. The number of para-hydroxylation sites is 3. The fourth-order valence-corrected chi connectivity index (χ4v) is 13.1. The molecule has 0 radical (unpaired) electrons. The fraction of sp³-hybridized carbons (Fsp3) is 0.115. The highest BCUT2D eigenvalue weighted by molar-refractivity contribution is 7.93. The second kappa shape index (κ2) is 34.1. The number of alkyl halides is 9. The number of nitrogens with zero attached hydrogens (tertiary/aromatic N) is 5. The van der Waals surface area contributed by atoms with Crippen LogP contribution in [0.15, 0.2) is 197 Å². The van der Waals surface area contributed by atoms with Crippen LogP contribution in [0.4, 0.5) is 73.6 Å². The summed E-state index contributed by atoms with van der Waals surface area (Å²) in [5.41, 5.74) is 0.530. The number of aromatic nitrogens is 3. The monoisotopic (exact) mass is 1570 g/mol. The molecule has 0 bridgehead atoms. The van der Waals surface area contributed by atoms with E-state index >= 15 is 0 Å². The molecule has 6 N–H and O–H groups in total. The molecule has 2 amide bonds. The maximum absolute atomic E-state index is 13.4. The molecular formula is C61H46Cl6F9N9O12S3. The summed E-state index contributed by atoms with van der Waals surface area (Å²) in [6.45, 7) is -1.37. The van der Waals surface area contributed by atoms with Gasteiger partial charge in [-0.15, -0.1) is 0 Å². The molecule has 6 aromatic carbocycles. The third-order valence-corrected chi connectivity index (χ3v) is 18.9. The molecule has 0 unspecified atom stereocenters. The standard InChI is InChI=1S/C21H16Cl2F3N3O4S.C19H12Cl2F3N3O3S.C15H11Cl2F3N2O5S.C6H7N/c1-33-12-29(34(31,32)15-7-8-17(23)16(10-15)21(24,25)26)18-9-13(22)11-27-19(18)20(30)28-14-5-3-2-4-6-14;20-11-8-16(17(25-10-11)18(28)26-12-4-2-1-3-5-12)27-31(29,30)13-6-7-15(21)14(9-13)19(22,23)24;1-27-7-22(12-4-8(16)6-21-13(12)14(23)24)28(25,26)9-2-3-11(17)10(5-9)15(18,19)20;7-6-4-2-1-3-5-6/h2-11H,12H2,1H3,(H,28,30);1-10,27H,(H,26,28);2-6H,7H2,1H3,(H,23,24);1-5H,7H2. The highest BCUT2D eigenvalue weighted by atomic mass is 35.5. The van der Waals surface area contributed by atoms with Gasteiger partial charge in [-0.1, -0.05) is 124 Å². The molecule has 0 fully saturated rings. The second-order valence-electron chi connectivity index (χ2n) is 19.5. The third-order valence-electron chi connectivity index (χ3n) is 12.5. The van der Waals surface area contributed by atoms with Crippen LogP contribution in [0.3, 0.4) is 0 Å². The fourth-order valence-electron chi connectivity index (χ4n) is 8.03. The van der Waals surface area contributed by atoms with Crippen LogP contribution in [0.5, 0.6) is 0 Å². The van der Waals surface area contributed by atoms with Gasteiger partial charge in [0.1, 0.15) is 13.5 Å². The van der Waals surface area contributed by atoms with Gasteiger partial charge in [0.05, 0.1) is 78.6 Å². The number of anilines is 6. The predicted octanol–water partition coefficient (Wildman–Crippen LogP) is 16.1. The molecule has 100 heavy (non-hydrogen) atoms. The smallest absolute Gasteiger partial charge is 0.417 e. The lowest BCUT2D eigenvalue weighted by Gasteiger charge is -2.25. The zero-order chi connectivity index (χ0) is 74.3. The van der Waals surface area contributed by atoms with Crippen molar-refractivity contribution in [3.8, 4) is 0 Å². The number of hydrogen-bond donors (Lipinski definition) is 5. The van der Waals surface area contributed by atoms with Crippen LogP contribution in [-0.2, 0) is 58.1 Å². The first-order valence-corrected chi connectivity index (χ1v) is 33.7. The number of nitrogen functional groups attached to an aromatic ring is 1. The molecule has 530 valence electrons. The molecule has 0 aliphatic carbocycles. The quantitative estimate of drug-likeness (QED) is 0.0303. The molecule has 21 nitrogen and oxygen atoms in total. The van der Waals surface area contributed by atoms with Gasteiger partial charge in [-0.25, -0.2) is 53.6 Å². The summed E-state index contributed by atoms with van der Waals surface area (Å²) in [5.74, 6) is -3.11. The Labute approximate surface area is 593 Å². The summed E-state index contributed by atoms with van der Waals surface area (Å²) in [7, 11) is -11.6. The number of rotatable bonds is 18. The van der Waals surface area contributed by atoms with E-state index in [2.05, 4.69) is 30.3 Å². The van der Waals surface area contributed by atoms with Crippen molar-refractivity contribution >= 4 is 152 Å². The number of sulfonamides is 3. The van der Waals surface area contributed by atoms with Crippen molar-refractivity contribution in [2.45, 2.75) is 33.2 Å². The van der Waals surface area contributed by atoms with Crippen molar-refractivity contribution < 1.29 is 93.7 Å². The minimum atomic E-state index is -4.90. The van der Waals surface area contributed by atoms with Gasteiger partial charge in [0.15, 0.2) is 17.1 Å². The normalized spacial score (nSPS) is 11.7. The van der Waals surface area contributed by atoms with Gasteiger partial charge in [-0.05, 0) is 109 Å². The summed E-state index contributed by atoms with van der Waals surface area (Å²) in [4.78, 5) is 46.0. The molecule has 9 aromatic rings. The van der Waals surface area contributed by atoms with E-state index in [1.807, 2.05) is 30.3 Å². The first kappa shape index (κ1) is 80.2. The van der Waals surface area contributed by atoms with Gasteiger partial charge in [-0.3, -0.25) is 14.3 Å². The number of carbonyl (C=O) groups excluding carboxylic acids is 2. The van der Waals surface area contributed by atoms with Crippen molar-refractivity contribution in [1.82, 2.24) is 15.0 Å². The number of methoxy groups -OCH3 is 2. The average molecular weight is 1580 g/mol. The van der Waals surface area contributed by atoms with Crippen molar-refractivity contribution in [2.24, 2.45) is 0 Å². The number of carbonyl (C=O) groups is 3. The topological polar surface area (TPSA) is 300 Å². The van der Waals surface area contributed by atoms with E-state index < -0.39 is 138 Å². The average Bonchev–Trinajstić information content (AvgIpc) is 0.809. The lowest BCUT2D eigenvalue weighted by molar-refractivity contribution is -0.138. The molecule has 0 aliphatic rings. The molecule has 9 rings (SSSR count). The Hall–Kier alpha value is -8.74. The van der Waals surface area contributed by atoms with E-state index in [1.54, 1.807) is 60.7 Å². The summed E-state index contributed by atoms with van der Waals surface area (Å²) >= 11 is 34.3. The Kier molecular flexibility index (Phi) is 27.3. The van der Waals surface area contributed by atoms with Gasteiger partial charge in [0.25, 0.3) is 41.9 Å². The van der Waals surface area contributed by atoms with E-state index in [9.17, 15) is 84.3 Å². The predicted molar refractivity (Wildman–Crippen MR) is 358 cm³/mol. The summed E-state index contributed by atoms with van der Waals surface area (Å²) in [5, 5.41) is 12.2. The number of nitrogens with two attached hydrogens (primary N) is 1. The Morgan fingerprint density at radius 1 is 0.470 bits per heavy atom. The number of ether oxygens (including phenoxy) is 2. The Morgan fingerprint density at radius 3 is 1.16 bits per heavy atom. The summed E-state index contributed by atoms with van der Waals surface area (Å²) < 4.78 is 210. The molecule has 3 aromatic heterocycles. The third kappa shape index (κ3) is 21.4. The van der Waals surface area contributed by atoms with Crippen LogP contribution in [0.2, 0.25) is 30.1 Å². The molecule has 0 spiro atoms. The minimum Gasteiger partial charge on any atom is -0.476 e. The number of halogens is 15. The van der Waals surface area contributed by atoms with Crippen molar-refractivity contribution in [1.29, 1.82) is 0 Å². The number of aromatic carboxylic acids is 1. The SMILES string of the molecule is COCN(c1cc(Cl)cnc1C(=O)Nc1ccccc1)S(=O)(=O)c1ccc(Cl)c(C(F)(F)F)c1.COCN(c1cc(Cl)cnc1C(=O)O)S(=O)(=O)c1ccc(Cl)c(C(F)(F)F)c1.Nc1ccccc1.O=C(Nc1ccccc1)c1ncc(Cl)cc1NS(=O)(=O)c1ccc(Cl)c(C(F)(F)F)c1. The van der Waals surface area contributed by atoms with Crippen LogP contribution in [0, 0.1) is 0 Å². The number of amides is 2. The molecule has 0 atom stereocenters. The second-order valence-corrected chi connectivity index (χ2v) is 27.5. The van der Waals surface area contributed by atoms with E-state index in [0.29, 0.717) is 38.2 Å². The Balaban J connectivity index is 0.000000225. The van der Waals surface area contributed by atoms with Gasteiger partial charge in [0.2, 0.25) is 0 Å². The highest BCUT2D eigenvalue weighted by Gasteiger charge is 2.39. The lowest BCUT2D eigenvalue weighted by atomic mass is 10.2. The van der Waals surface area contributed by atoms with Crippen molar-refractivity contribution in [2.75, 3.05) is 57.4 Å². The number of hydrogen-bond acceptors (Lipinski definition) is 15. The summed E-state index contributed by atoms with van der Waals surface area (Å²) in [6.07, 6.45) is -11.4. The van der Waals surface area contributed by atoms with Crippen LogP contribution < -0.4 is 29.7 Å². The van der Waals surface area contributed by atoms with Crippen LogP contribution in [0.25, 0.3) is 0 Å². The number of carboxylic acid groups (broad SMARTS) is 1. The molecular weight excluding hydrogens is 1530 g/mol. The van der Waals surface area contributed by atoms with Crippen molar-refractivity contribution in [3.05, 3.63) is 246 Å². The number of benzene rings is 6. The highest BCUT2D eigenvalue weighted by Crippen LogP contribution is 2.41. The van der Waals surface area contributed by atoms with E-state index in [1.165, 1.54) is 7.11 Å². The Morgan fingerprint density at radius 2 is 0.800 bits per heavy atom. The summed E-state index contributed by atoms with van der Waals surface area (Å²) in [6, 6.07) is 35.5.